The monoisotopic (exact) mass is 447 g/mol. The minimum absolute atomic E-state index is 0.136. The number of aryl methyl sites for hydroxylation is 1. The molecule has 0 radical (unpaired) electrons. The third-order valence-corrected chi connectivity index (χ3v) is 7.69. The Bertz CT molecular complexity index is 1390. The van der Waals surface area contributed by atoms with Crippen LogP contribution in [0.25, 0.3) is 27.8 Å². The molecule has 2 fully saturated rings. The molecule has 4 aromatic heterocycles. The van der Waals surface area contributed by atoms with Crippen LogP contribution in [-0.4, -0.2) is 62.2 Å². The largest absolute Gasteiger partial charge is 0.353 e. The van der Waals surface area contributed by atoms with Gasteiger partial charge in [0.25, 0.3) is 0 Å². The molecule has 0 atom stereocenters. The van der Waals surface area contributed by atoms with Gasteiger partial charge in [0.2, 0.25) is 0 Å². The summed E-state index contributed by atoms with van der Waals surface area (Å²) in [6, 6.07) is 0. The molecule has 0 amide bonds. The molecule has 1 N–H and O–H groups in total. The van der Waals surface area contributed by atoms with E-state index in [4.69, 9.17) is 0 Å². The van der Waals surface area contributed by atoms with Gasteiger partial charge in [0, 0.05) is 48.7 Å². The Kier molecular flexibility index (Phi) is 4.37. The van der Waals surface area contributed by atoms with E-state index in [2.05, 4.69) is 64.5 Å². The van der Waals surface area contributed by atoms with Gasteiger partial charge in [-0.2, -0.15) is 5.10 Å². The van der Waals surface area contributed by atoms with Gasteiger partial charge < -0.3 is 14.8 Å². The highest BCUT2D eigenvalue weighted by atomic mass is 19.1. The zero-order chi connectivity index (χ0) is 23.1. The summed E-state index contributed by atoms with van der Waals surface area (Å²) in [6.45, 7) is 15.7. The number of hydrogen-bond acceptors (Lipinski definition) is 5. The van der Waals surface area contributed by atoms with Crippen LogP contribution in [0, 0.1) is 25.1 Å². The van der Waals surface area contributed by atoms with Gasteiger partial charge >= 0.3 is 0 Å². The molecule has 33 heavy (non-hydrogen) atoms. The molecule has 172 valence electrons. The van der Waals surface area contributed by atoms with Crippen LogP contribution in [0.3, 0.4) is 0 Å². The van der Waals surface area contributed by atoms with Gasteiger partial charge in [0.15, 0.2) is 17.3 Å². The number of H-pyrrole nitrogens is 1. The number of rotatable bonds is 4. The van der Waals surface area contributed by atoms with E-state index in [1.54, 1.807) is 17.0 Å². The van der Waals surface area contributed by atoms with Crippen LogP contribution < -0.4 is 4.90 Å². The van der Waals surface area contributed by atoms with Crippen LogP contribution in [0.5, 0.6) is 0 Å². The van der Waals surface area contributed by atoms with Gasteiger partial charge in [0.1, 0.15) is 6.33 Å². The number of anilines is 1. The first-order valence-corrected chi connectivity index (χ1v) is 11.8. The molecule has 6 rings (SSSR count). The fourth-order valence-corrected chi connectivity index (χ4v) is 5.87. The molecule has 0 aliphatic carbocycles. The van der Waals surface area contributed by atoms with E-state index < -0.39 is 0 Å². The number of hydrogen-bond donors (Lipinski definition) is 1. The van der Waals surface area contributed by atoms with Crippen molar-refractivity contribution in [1.29, 1.82) is 0 Å². The second kappa shape index (κ2) is 7.00. The zero-order valence-electron chi connectivity index (χ0n) is 19.9. The average Bonchev–Trinajstić information content (AvgIpc) is 3.35. The molecule has 0 aromatic carbocycles. The Morgan fingerprint density at radius 2 is 1.88 bits per heavy atom. The molecule has 0 saturated carbocycles. The highest BCUT2D eigenvalue weighted by molar-refractivity contribution is 5.94. The first-order valence-electron chi connectivity index (χ1n) is 11.8. The number of halogens is 1. The van der Waals surface area contributed by atoms with Gasteiger partial charge in [-0.3, -0.25) is 0 Å². The molecule has 1 spiro atoms. The maximum absolute atomic E-state index is 16.0. The number of fused-ring (bicyclic) bond motifs is 2. The summed E-state index contributed by atoms with van der Waals surface area (Å²) < 4.78 is 17.8. The Labute approximate surface area is 192 Å². The average molecular weight is 448 g/mol. The normalized spacial score (nSPS) is 18.0. The second-order valence-electron chi connectivity index (χ2n) is 10.2. The summed E-state index contributed by atoms with van der Waals surface area (Å²) in [5, 5.41) is 5.00. The molecule has 8 heteroatoms. The Balaban J connectivity index is 1.46. The third-order valence-electron chi connectivity index (χ3n) is 7.69. The van der Waals surface area contributed by atoms with Gasteiger partial charge in [-0.25, -0.2) is 18.9 Å². The van der Waals surface area contributed by atoms with E-state index in [1.807, 2.05) is 6.20 Å². The fraction of sp³-hybridized carbons (Fsp3) is 0.480. The number of nitrogens with one attached hydrogen (secondary N) is 1. The fourth-order valence-electron chi connectivity index (χ4n) is 5.87. The van der Waals surface area contributed by atoms with E-state index in [1.165, 1.54) is 0 Å². The first kappa shape index (κ1) is 20.6. The maximum Gasteiger partial charge on any atom is 0.175 e. The van der Waals surface area contributed by atoms with Crippen molar-refractivity contribution < 1.29 is 4.39 Å². The van der Waals surface area contributed by atoms with Crippen LogP contribution in [0.1, 0.15) is 43.4 Å². The van der Waals surface area contributed by atoms with Gasteiger partial charge in [0.05, 0.1) is 17.4 Å². The van der Waals surface area contributed by atoms with Crippen molar-refractivity contribution in [2.75, 3.05) is 37.6 Å². The van der Waals surface area contributed by atoms with Crippen molar-refractivity contribution in [2.24, 2.45) is 5.41 Å². The second-order valence-corrected chi connectivity index (χ2v) is 10.2. The summed E-state index contributed by atoms with van der Waals surface area (Å²) in [5.41, 5.74) is 7.05. The van der Waals surface area contributed by atoms with Crippen molar-refractivity contribution in [3.8, 4) is 11.3 Å². The van der Waals surface area contributed by atoms with Crippen LogP contribution in [0.15, 0.2) is 18.7 Å². The molecule has 0 bridgehead atoms. The maximum atomic E-state index is 16.0. The number of aromatic nitrogens is 5. The summed E-state index contributed by atoms with van der Waals surface area (Å²) in [7, 11) is 0. The predicted octanol–water partition coefficient (Wildman–Crippen LogP) is 4.29. The van der Waals surface area contributed by atoms with Crippen LogP contribution in [0.4, 0.5) is 10.2 Å². The van der Waals surface area contributed by atoms with E-state index >= 15 is 4.39 Å². The van der Waals surface area contributed by atoms with E-state index in [-0.39, 0.29) is 11.7 Å². The zero-order valence-corrected chi connectivity index (χ0v) is 19.9. The number of nitrogens with zero attached hydrogens (tertiary/aromatic N) is 6. The highest BCUT2D eigenvalue weighted by Crippen LogP contribution is 2.44. The molecule has 0 unspecified atom stereocenters. The van der Waals surface area contributed by atoms with Crippen LogP contribution in [-0.2, 0) is 0 Å². The van der Waals surface area contributed by atoms with Crippen molar-refractivity contribution in [3.05, 3.63) is 41.2 Å². The lowest BCUT2D eigenvalue weighted by Crippen LogP contribution is -2.72. The van der Waals surface area contributed by atoms with Gasteiger partial charge in [-0.05, 0) is 43.0 Å². The minimum Gasteiger partial charge on any atom is -0.353 e. The Morgan fingerprint density at radius 1 is 1.12 bits per heavy atom. The molecule has 2 saturated heterocycles. The standard InChI is InChI=1S/C25H30FN7/c1-6-31-9-25(10-31)11-32(12-25)24-21(26)20-18(7-27-24)30-22(19(20)14(2)3)17-8-33-23(28-13-29-33)16(5)15(17)4/h7-8,13-14,30H,6,9-12H2,1-5H3. The van der Waals surface area contributed by atoms with E-state index in [0.717, 1.165) is 71.8 Å². The molecule has 4 aromatic rings. The van der Waals surface area contributed by atoms with Crippen molar-refractivity contribution >= 4 is 22.4 Å². The van der Waals surface area contributed by atoms with Gasteiger partial charge in [-0.15, -0.1) is 0 Å². The van der Waals surface area contributed by atoms with Crippen LogP contribution >= 0.6 is 0 Å². The van der Waals surface area contributed by atoms with Crippen LogP contribution in [0.2, 0.25) is 0 Å². The molecule has 2 aliphatic rings. The lowest BCUT2D eigenvalue weighted by atomic mass is 9.73. The predicted molar refractivity (Wildman–Crippen MR) is 128 cm³/mol. The SMILES string of the molecule is CCN1CC2(C1)CN(c1ncc3[nH]c(-c4cn5ncnc5c(C)c4C)c(C(C)C)c3c1F)C2. The Morgan fingerprint density at radius 3 is 2.58 bits per heavy atom. The lowest BCUT2D eigenvalue weighted by molar-refractivity contribution is -0.0184. The van der Waals surface area contributed by atoms with Gasteiger partial charge in [-0.1, -0.05) is 20.8 Å². The highest BCUT2D eigenvalue weighted by Gasteiger charge is 2.52. The third kappa shape index (κ3) is 2.86. The number of pyridine rings is 2. The molecular formula is C25H30FN7. The lowest BCUT2D eigenvalue weighted by Gasteiger charge is -2.60. The minimum atomic E-state index is -0.212. The summed E-state index contributed by atoms with van der Waals surface area (Å²) in [4.78, 5) is 17.0. The quantitative estimate of drug-likeness (QED) is 0.506. The molecule has 6 heterocycles. The number of aromatic amines is 1. The number of likely N-dealkylation sites (tertiary alicyclic amines) is 1. The van der Waals surface area contributed by atoms with E-state index in [9.17, 15) is 0 Å². The Hall–Kier alpha value is -3.00. The summed E-state index contributed by atoms with van der Waals surface area (Å²) in [6.07, 6.45) is 5.35. The van der Waals surface area contributed by atoms with E-state index in [0.29, 0.717) is 16.6 Å². The molecule has 2 aliphatic heterocycles. The molecule has 7 nitrogen and oxygen atoms in total. The van der Waals surface area contributed by atoms with Crippen molar-refractivity contribution in [3.63, 3.8) is 0 Å². The molecular weight excluding hydrogens is 417 g/mol. The summed E-state index contributed by atoms with van der Waals surface area (Å²) in [5.74, 6) is 0.406. The smallest absolute Gasteiger partial charge is 0.175 e. The first-order chi connectivity index (χ1) is 15.8. The summed E-state index contributed by atoms with van der Waals surface area (Å²) >= 11 is 0. The topological polar surface area (TPSA) is 65.3 Å². The van der Waals surface area contributed by atoms with Crippen molar-refractivity contribution in [1.82, 2.24) is 29.5 Å². The van der Waals surface area contributed by atoms with Crippen molar-refractivity contribution in [2.45, 2.75) is 40.5 Å².